The van der Waals surface area contributed by atoms with Crippen LogP contribution in [0.3, 0.4) is 0 Å². The van der Waals surface area contributed by atoms with Gasteiger partial charge in [-0.2, -0.15) is 0 Å². The minimum atomic E-state index is -0.527. The van der Waals surface area contributed by atoms with E-state index in [9.17, 15) is 9.59 Å². The summed E-state index contributed by atoms with van der Waals surface area (Å²) in [5.74, 6) is -0.598. The van der Waals surface area contributed by atoms with Crippen molar-refractivity contribution >= 4 is 11.9 Å². The zero-order valence-electron chi connectivity index (χ0n) is 16.3. The number of esters is 2. The third-order valence-corrected chi connectivity index (χ3v) is 5.02. The minimum Gasteiger partial charge on any atom is -0.463 e. The first-order chi connectivity index (χ1) is 13.0. The Hall–Kier alpha value is -2.76. The molecule has 0 bridgehead atoms. The van der Waals surface area contributed by atoms with Crippen LogP contribution in [0.2, 0.25) is 0 Å². The zero-order valence-corrected chi connectivity index (χ0v) is 16.3. The summed E-state index contributed by atoms with van der Waals surface area (Å²) in [6, 6.07) is 7.80. The Morgan fingerprint density at radius 3 is 2.33 bits per heavy atom. The van der Waals surface area contributed by atoms with Gasteiger partial charge in [0, 0.05) is 18.8 Å². The summed E-state index contributed by atoms with van der Waals surface area (Å²) in [5.41, 5.74) is 3.70. The first-order valence-corrected chi connectivity index (χ1v) is 9.37. The average molecular weight is 370 g/mol. The third kappa shape index (κ3) is 3.31. The molecule has 1 aromatic carbocycles. The minimum absolute atomic E-state index is 0.271. The number of fused-ring (bicyclic) bond motifs is 1. The molecule has 0 aliphatic carbocycles. The van der Waals surface area contributed by atoms with Gasteiger partial charge in [-0.3, -0.25) is 0 Å². The lowest BCUT2D eigenvalue weighted by Gasteiger charge is -2.35. The van der Waals surface area contributed by atoms with Gasteiger partial charge in [0.25, 0.3) is 0 Å². The van der Waals surface area contributed by atoms with Gasteiger partial charge in [-0.05, 0) is 38.8 Å². The second kappa shape index (κ2) is 7.86. The van der Waals surface area contributed by atoms with Crippen LogP contribution in [0, 0.1) is 6.92 Å². The highest BCUT2D eigenvalue weighted by Crippen LogP contribution is 2.44. The zero-order chi connectivity index (χ0) is 19.6. The van der Waals surface area contributed by atoms with E-state index in [0.29, 0.717) is 24.2 Å². The summed E-state index contributed by atoms with van der Waals surface area (Å²) >= 11 is 0. The van der Waals surface area contributed by atoms with Crippen LogP contribution in [0.25, 0.3) is 0 Å². The first-order valence-electron chi connectivity index (χ1n) is 9.37. The molecule has 0 radical (unpaired) electrons. The molecule has 0 saturated carbocycles. The summed E-state index contributed by atoms with van der Waals surface area (Å²) in [6.07, 6.45) is 0. The normalized spacial score (nSPS) is 19.0. The van der Waals surface area contributed by atoms with Crippen LogP contribution >= 0.6 is 0 Å². The van der Waals surface area contributed by atoms with Gasteiger partial charge in [0.05, 0.1) is 30.3 Å². The van der Waals surface area contributed by atoms with Crippen LogP contribution in [-0.4, -0.2) is 43.1 Å². The number of carbonyl (C=O) groups is 2. The van der Waals surface area contributed by atoms with Crippen molar-refractivity contribution in [3.05, 3.63) is 58.1 Å². The average Bonchev–Trinajstić information content (AvgIpc) is 3.12. The number of ether oxygens (including phenoxy) is 2. The highest BCUT2D eigenvalue weighted by Gasteiger charge is 2.43. The number of aryl methyl sites for hydroxylation is 1. The van der Waals surface area contributed by atoms with Crippen molar-refractivity contribution in [2.45, 2.75) is 33.6 Å². The summed E-state index contributed by atoms with van der Waals surface area (Å²) in [5, 5.41) is 3.31. The van der Waals surface area contributed by atoms with E-state index in [2.05, 4.69) is 5.32 Å². The van der Waals surface area contributed by atoms with E-state index in [1.54, 1.807) is 13.8 Å². The van der Waals surface area contributed by atoms with Gasteiger partial charge in [0.15, 0.2) is 0 Å². The SMILES string of the molecule is CCOC(=O)C1=C(C)N2CCNC2=C(C(=O)OCC)C1c1ccccc1C. The van der Waals surface area contributed by atoms with E-state index < -0.39 is 17.9 Å². The van der Waals surface area contributed by atoms with E-state index in [1.165, 1.54) is 0 Å². The van der Waals surface area contributed by atoms with E-state index in [1.807, 2.05) is 43.0 Å². The number of carbonyl (C=O) groups excluding carboxylic acids is 2. The number of hydrogen-bond donors (Lipinski definition) is 1. The highest BCUT2D eigenvalue weighted by molar-refractivity contribution is 6.00. The molecule has 1 saturated heterocycles. The van der Waals surface area contributed by atoms with Crippen molar-refractivity contribution in [2.24, 2.45) is 0 Å². The van der Waals surface area contributed by atoms with Crippen LogP contribution < -0.4 is 5.32 Å². The van der Waals surface area contributed by atoms with Gasteiger partial charge in [-0.25, -0.2) is 9.59 Å². The van der Waals surface area contributed by atoms with Crippen LogP contribution in [0.1, 0.15) is 37.8 Å². The van der Waals surface area contributed by atoms with Gasteiger partial charge in [0.1, 0.15) is 5.82 Å². The molecule has 1 aromatic rings. The van der Waals surface area contributed by atoms with Gasteiger partial charge in [-0.1, -0.05) is 24.3 Å². The molecule has 27 heavy (non-hydrogen) atoms. The number of allylic oxidation sites excluding steroid dienone is 1. The van der Waals surface area contributed by atoms with Crippen molar-refractivity contribution in [3.8, 4) is 0 Å². The fourth-order valence-corrected chi connectivity index (χ4v) is 3.82. The standard InChI is InChI=1S/C21H26N2O4/c1-5-26-20(24)16-14(4)23-12-11-22-19(23)18(21(25)27-6-2)17(16)15-10-8-7-9-13(15)3/h7-10,17,22H,5-6,11-12H2,1-4H3. The van der Waals surface area contributed by atoms with E-state index >= 15 is 0 Å². The van der Waals surface area contributed by atoms with Gasteiger partial charge in [-0.15, -0.1) is 0 Å². The largest absolute Gasteiger partial charge is 0.463 e. The Bertz CT molecular complexity index is 825. The second-order valence-corrected chi connectivity index (χ2v) is 6.57. The predicted molar refractivity (Wildman–Crippen MR) is 102 cm³/mol. The lowest BCUT2D eigenvalue weighted by atomic mass is 9.79. The Kier molecular flexibility index (Phi) is 5.54. The number of nitrogens with zero attached hydrogens (tertiary/aromatic N) is 1. The van der Waals surface area contributed by atoms with Gasteiger partial charge in [0.2, 0.25) is 0 Å². The number of benzene rings is 1. The summed E-state index contributed by atoms with van der Waals surface area (Å²) < 4.78 is 10.7. The molecular formula is C21H26N2O4. The van der Waals surface area contributed by atoms with E-state index in [4.69, 9.17) is 9.47 Å². The molecule has 2 aliphatic rings. The maximum Gasteiger partial charge on any atom is 0.338 e. The molecule has 0 amide bonds. The molecule has 1 unspecified atom stereocenters. The highest BCUT2D eigenvalue weighted by atomic mass is 16.5. The second-order valence-electron chi connectivity index (χ2n) is 6.57. The van der Waals surface area contributed by atoms with Crippen molar-refractivity contribution in [1.82, 2.24) is 10.2 Å². The van der Waals surface area contributed by atoms with Crippen LogP contribution in [0.15, 0.2) is 46.9 Å². The van der Waals surface area contributed by atoms with E-state index in [-0.39, 0.29) is 13.2 Å². The molecule has 0 spiro atoms. The molecule has 1 atom stereocenters. The topological polar surface area (TPSA) is 67.9 Å². The van der Waals surface area contributed by atoms with Crippen molar-refractivity contribution in [1.29, 1.82) is 0 Å². The molecule has 1 fully saturated rings. The molecule has 144 valence electrons. The number of hydrogen-bond acceptors (Lipinski definition) is 6. The fraction of sp³-hybridized carbons (Fsp3) is 0.429. The van der Waals surface area contributed by atoms with Crippen molar-refractivity contribution in [2.75, 3.05) is 26.3 Å². The van der Waals surface area contributed by atoms with Crippen LogP contribution in [0.5, 0.6) is 0 Å². The lowest BCUT2D eigenvalue weighted by molar-refractivity contribution is -0.139. The maximum atomic E-state index is 12.9. The van der Waals surface area contributed by atoms with Crippen molar-refractivity contribution in [3.63, 3.8) is 0 Å². The number of nitrogens with one attached hydrogen (secondary N) is 1. The van der Waals surface area contributed by atoms with Gasteiger partial charge < -0.3 is 19.7 Å². The molecule has 6 nitrogen and oxygen atoms in total. The molecule has 1 N–H and O–H groups in total. The van der Waals surface area contributed by atoms with Crippen LogP contribution in [0.4, 0.5) is 0 Å². The van der Waals surface area contributed by atoms with Crippen molar-refractivity contribution < 1.29 is 19.1 Å². The molecule has 6 heteroatoms. The van der Waals surface area contributed by atoms with Crippen LogP contribution in [-0.2, 0) is 19.1 Å². The molecular weight excluding hydrogens is 344 g/mol. The Morgan fingerprint density at radius 1 is 1.07 bits per heavy atom. The first kappa shape index (κ1) is 19.0. The molecule has 0 aromatic heterocycles. The lowest BCUT2D eigenvalue weighted by Crippen LogP contribution is -2.36. The predicted octanol–water partition coefficient (Wildman–Crippen LogP) is 2.61. The monoisotopic (exact) mass is 370 g/mol. The quantitative estimate of drug-likeness (QED) is 0.804. The maximum absolute atomic E-state index is 12.9. The molecule has 2 aliphatic heterocycles. The summed E-state index contributed by atoms with van der Waals surface area (Å²) in [4.78, 5) is 27.8. The summed E-state index contributed by atoms with van der Waals surface area (Å²) in [6.45, 7) is 9.39. The fourth-order valence-electron chi connectivity index (χ4n) is 3.82. The summed E-state index contributed by atoms with van der Waals surface area (Å²) in [7, 11) is 0. The molecule has 2 heterocycles. The molecule has 3 rings (SSSR count). The van der Waals surface area contributed by atoms with Gasteiger partial charge >= 0.3 is 11.9 Å². The van der Waals surface area contributed by atoms with E-state index in [0.717, 1.165) is 22.6 Å². The Labute approximate surface area is 159 Å². The Balaban J connectivity index is 2.25. The number of rotatable bonds is 5. The smallest absolute Gasteiger partial charge is 0.338 e. The Morgan fingerprint density at radius 2 is 1.70 bits per heavy atom. The third-order valence-electron chi connectivity index (χ3n) is 5.02.